The molecule has 5 amide bonds. The molecule has 2 fully saturated rings. The summed E-state index contributed by atoms with van der Waals surface area (Å²) in [7, 11) is 1.28. The Kier molecular flexibility index (Phi) is 7.30. The number of benzene rings is 1. The van der Waals surface area contributed by atoms with E-state index in [9.17, 15) is 33.5 Å². The molecule has 3 aromatic rings. The number of anilines is 1. The first-order valence-electron chi connectivity index (χ1n) is 14.3. The minimum atomic E-state index is -2.04. The lowest BCUT2D eigenvalue weighted by molar-refractivity contribution is -0.158. The number of fused-ring (bicyclic) bond motifs is 2. The minimum Gasteiger partial charge on any atom is -0.494 e. The van der Waals surface area contributed by atoms with Gasteiger partial charge in [0.15, 0.2) is 29.4 Å². The standard InChI is InChI=1S/C31H30FN5O9/c1-30(2,3)28(42)45-15-37-27(41)31(34-29(37)43,9-10-35-13-16-5-6-20(44-4)25(32)24(16)26(35)40)21-12-18-19(46-21)7-8-22(33-18)36-14-17(38)11-23(36)39/h5-10,12,17,38H,11,13-15H2,1-4H3,(H,34,43)/b10-9+/t17-,31-/m0/s1. The summed E-state index contributed by atoms with van der Waals surface area (Å²) in [5.41, 5.74) is -2.31. The van der Waals surface area contributed by atoms with Crippen LogP contribution in [0.3, 0.4) is 0 Å². The van der Waals surface area contributed by atoms with Crippen molar-refractivity contribution in [2.75, 3.05) is 25.3 Å². The van der Waals surface area contributed by atoms with E-state index in [4.69, 9.17) is 13.9 Å². The van der Waals surface area contributed by atoms with Crippen LogP contribution >= 0.6 is 0 Å². The molecular formula is C31H30FN5O9. The average Bonchev–Trinajstić information content (AvgIpc) is 3.73. The molecule has 0 aliphatic carbocycles. The van der Waals surface area contributed by atoms with E-state index < -0.39 is 53.4 Å². The highest BCUT2D eigenvalue weighted by Gasteiger charge is 2.54. The average molecular weight is 636 g/mol. The van der Waals surface area contributed by atoms with Crippen molar-refractivity contribution >= 4 is 46.6 Å². The van der Waals surface area contributed by atoms with Crippen molar-refractivity contribution < 1.29 is 47.4 Å². The molecular weight excluding hydrogens is 605 g/mol. The number of urea groups is 1. The van der Waals surface area contributed by atoms with Gasteiger partial charge in [0.1, 0.15) is 17.1 Å². The Hall–Kier alpha value is -5.31. The van der Waals surface area contributed by atoms with Gasteiger partial charge in [-0.15, -0.1) is 0 Å². The van der Waals surface area contributed by atoms with E-state index in [1.54, 1.807) is 26.8 Å². The van der Waals surface area contributed by atoms with E-state index in [2.05, 4.69) is 10.3 Å². The number of ether oxygens (including phenoxy) is 2. The van der Waals surface area contributed by atoms with E-state index in [0.29, 0.717) is 10.5 Å². The normalized spacial score (nSPS) is 21.6. The van der Waals surface area contributed by atoms with Crippen LogP contribution < -0.4 is 15.0 Å². The van der Waals surface area contributed by atoms with Crippen LogP contribution in [0.5, 0.6) is 5.75 Å². The number of hydrogen-bond acceptors (Lipinski definition) is 10. The van der Waals surface area contributed by atoms with Crippen molar-refractivity contribution in [3.8, 4) is 5.75 Å². The molecule has 14 nitrogen and oxygen atoms in total. The molecule has 2 atom stereocenters. The number of imide groups is 1. The highest BCUT2D eigenvalue weighted by molar-refractivity contribution is 6.09. The molecule has 2 N–H and O–H groups in total. The Morgan fingerprint density at radius 3 is 2.65 bits per heavy atom. The van der Waals surface area contributed by atoms with Gasteiger partial charge in [0, 0.05) is 12.3 Å². The van der Waals surface area contributed by atoms with Crippen LogP contribution in [0.25, 0.3) is 11.1 Å². The first-order valence-corrected chi connectivity index (χ1v) is 14.3. The molecule has 0 radical (unpaired) electrons. The van der Waals surface area contributed by atoms with E-state index in [-0.39, 0.29) is 59.4 Å². The number of hydrogen-bond donors (Lipinski definition) is 2. The fourth-order valence-electron chi connectivity index (χ4n) is 5.42. The predicted molar refractivity (Wildman–Crippen MR) is 156 cm³/mol. The number of aliphatic hydroxyl groups is 1. The lowest BCUT2D eigenvalue weighted by atomic mass is 9.96. The van der Waals surface area contributed by atoms with Crippen LogP contribution in [0.1, 0.15) is 48.9 Å². The largest absolute Gasteiger partial charge is 0.494 e. The summed E-state index contributed by atoms with van der Waals surface area (Å²) in [5.74, 6) is -3.32. The van der Waals surface area contributed by atoms with Gasteiger partial charge < -0.3 is 29.2 Å². The number of β-amino-alcohol motifs (C(OH)–C–C–N with tert-alkyl or cyclic N) is 1. The van der Waals surface area contributed by atoms with Crippen molar-refractivity contribution in [1.29, 1.82) is 0 Å². The van der Waals surface area contributed by atoms with Gasteiger partial charge >= 0.3 is 12.0 Å². The number of esters is 1. The summed E-state index contributed by atoms with van der Waals surface area (Å²) in [6.45, 7) is 4.18. The van der Waals surface area contributed by atoms with Gasteiger partial charge in [-0.3, -0.25) is 24.1 Å². The number of aromatic nitrogens is 1. The molecule has 46 heavy (non-hydrogen) atoms. The maximum absolute atomic E-state index is 15.0. The number of aliphatic hydroxyl groups excluding tert-OH is 1. The zero-order valence-corrected chi connectivity index (χ0v) is 25.3. The van der Waals surface area contributed by atoms with Crippen LogP contribution in [0, 0.1) is 11.2 Å². The SMILES string of the molecule is COc1ccc2c(c1F)C(=O)N(/C=C/[C@@]1(c3cc4nc(N5C[C@@H](O)CC5=O)ccc4o3)NC(=O)N(COC(=O)C(C)(C)C)C1=O)C2. The van der Waals surface area contributed by atoms with Crippen molar-refractivity contribution in [3.63, 3.8) is 0 Å². The third-order valence-corrected chi connectivity index (χ3v) is 7.93. The second-order valence-electron chi connectivity index (χ2n) is 12.2. The third kappa shape index (κ3) is 5.01. The van der Waals surface area contributed by atoms with Gasteiger partial charge in [-0.05, 0) is 50.6 Å². The molecule has 0 saturated carbocycles. The number of carbonyl (C=O) groups is 5. The monoisotopic (exact) mass is 635 g/mol. The molecule has 2 saturated heterocycles. The maximum Gasteiger partial charge on any atom is 0.328 e. The van der Waals surface area contributed by atoms with Gasteiger partial charge in [-0.1, -0.05) is 6.07 Å². The number of nitrogens with one attached hydrogen (secondary N) is 1. The van der Waals surface area contributed by atoms with Crippen molar-refractivity contribution in [2.24, 2.45) is 5.41 Å². The molecule has 0 bridgehead atoms. The fraction of sp³-hybridized carbons (Fsp3) is 0.355. The lowest BCUT2D eigenvalue weighted by Crippen LogP contribution is -2.43. The van der Waals surface area contributed by atoms with Crippen molar-refractivity contribution in [3.05, 3.63) is 65.3 Å². The van der Waals surface area contributed by atoms with Crippen molar-refractivity contribution in [1.82, 2.24) is 20.1 Å². The van der Waals surface area contributed by atoms with Crippen LogP contribution in [0.15, 0.2) is 47.0 Å². The molecule has 0 spiro atoms. The second kappa shape index (κ2) is 10.9. The molecule has 15 heteroatoms. The Balaban J connectivity index is 1.38. The van der Waals surface area contributed by atoms with E-state index in [0.717, 1.165) is 0 Å². The van der Waals surface area contributed by atoms with E-state index in [1.165, 1.54) is 53.5 Å². The highest BCUT2D eigenvalue weighted by Crippen LogP contribution is 2.37. The fourth-order valence-corrected chi connectivity index (χ4v) is 5.42. The minimum absolute atomic E-state index is 0.0303. The quantitative estimate of drug-likeness (QED) is 0.290. The number of rotatable bonds is 7. The summed E-state index contributed by atoms with van der Waals surface area (Å²) in [6.07, 6.45) is 1.59. The smallest absolute Gasteiger partial charge is 0.328 e. The van der Waals surface area contributed by atoms with Crippen LogP contribution in [0.4, 0.5) is 15.0 Å². The summed E-state index contributed by atoms with van der Waals surface area (Å²) in [6, 6.07) is 6.49. The van der Waals surface area contributed by atoms with Gasteiger partial charge in [0.2, 0.25) is 5.91 Å². The summed E-state index contributed by atoms with van der Waals surface area (Å²) in [4.78, 5) is 72.9. The Morgan fingerprint density at radius 1 is 1.22 bits per heavy atom. The molecule has 240 valence electrons. The van der Waals surface area contributed by atoms with Crippen LogP contribution in [0.2, 0.25) is 0 Å². The molecule has 2 aromatic heterocycles. The summed E-state index contributed by atoms with van der Waals surface area (Å²) in [5, 5.41) is 12.5. The number of nitrogens with zero attached hydrogens (tertiary/aromatic N) is 4. The van der Waals surface area contributed by atoms with E-state index in [1.807, 2.05) is 0 Å². The lowest BCUT2D eigenvalue weighted by Gasteiger charge is -2.22. The molecule has 3 aliphatic heterocycles. The first kappa shape index (κ1) is 30.7. The second-order valence-corrected chi connectivity index (χ2v) is 12.2. The molecule has 6 rings (SSSR count). The first-order chi connectivity index (χ1) is 21.7. The Morgan fingerprint density at radius 2 is 1.98 bits per heavy atom. The topological polar surface area (TPSA) is 172 Å². The number of furan rings is 1. The van der Waals surface area contributed by atoms with E-state index >= 15 is 0 Å². The zero-order chi connectivity index (χ0) is 33.1. The number of carbonyl (C=O) groups excluding carboxylic acids is 5. The van der Waals surface area contributed by atoms with Crippen LogP contribution in [-0.2, 0) is 31.2 Å². The summed E-state index contributed by atoms with van der Waals surface area (Å²) >= 11 is 0. The van der Waals surface area contributed by atoms with Gasteiger partial charge in [0.25, 0.3) is 11.8 Å². The highest BCUT2D eigenvalue weighted by atomic mass is 19.1. The Bertz CT molecular complexity index is 1850. The number of amides is 5. The molecule has 5 heterocycles. The Labute approximate surface area is 261 Å². The predicted octanol–water partition coefficient (Wildman–Crippen LogP) is 2.54. The molecule has 3 aliphatic rings. The third-order valence-electron chi connectivity index (χ3n) is 7.93. The van der Waals surface area contributed by atoms with Crippen LogP contribution in [-0.4, -0.2) is 76.1 Å². The maximum atomic E-state index is 15.0. The number of halogens is 1. The molecule has 1 aromatic carbocycles. The van der Waals surface area contributed by atoms with Gasteiger partial charge in [-0.25, -0.2) is 19.1 Å². The number of pyridine rings is 1. The van der Waals surface area contributed by atoms with Gasteiger partial charge in [0.05, 0.1) is 43.7 Å². The molecule has 0 unspecified atom stereocenters. The zero-order valence-electron chi connectivity index (χ0n) is 25.3. The number of methoxy groups -OCH3 is 1. The summed E-state index contributed by atoms with van der Waals surface area (Å²) < 4.78 is 31.2. The van der Waals surface area contributed by atoms with Gasteiger partial charge in [-0.2, -0.15) is 0 Å². The van der Waals surface area contributed by atoms with Crippen molar-refractivity contribution in [2.45, 2.75) is 45.4 Å².